The number of nitrogens with zero attached hydrogens (tertiary/aromatic N) is 2. The summed E-state index contributed by atoms with van der Waals surface area (Å²) >= 11 is 0. The predicted molar refractivity (Wildman–Crippen MR) is 69.6 cm³/mol. The van der Waals surface area contributed by atoms with E-state index in [4.69, 9.17) is 5.73 Å². The molecule has 3 nitrogen and oxygen atoms in total. The van der Waals surface area contributed by atoms with Crippen LogP contribution in [-0.4, -0.2) is 9.55 Å². The van der Waals surface area contributed by atoms with Crippen LogP contribution >= 0.6 is 0 Å². The Morgan fingerprint density at radius 3 is 2.78 bits per heavy atom. The molecule has 1 aromatic heterocycles. The van der Waals surface area contributed by atoms with Crippen LogP contribution in [0.1, 0.15) is 30.3 Å². The number of aryl methyl sites for hydroxylation is 1. The minimum absolute atomic E-state index is 0.231. The van der Waals surface area contributed by atoms with Gasteiger partial charge < -0.3 is 10.3 Å². The third-order valence-corrected chi connectivity index (χ3v) is 2.88. The summed E-state index contributed by atoms with van der Waals surface area (Å²) in [5, 5.41) is 0. The molecular formula is C14H18FN3. The maximum atomic E-state index is 13.4. The van der Waals surface area contributed by atoms with E-state index in [2.05, 4.69) is 16.5 Å². The van der Waals surface area contributed by atoms with E-state index in [1.807, 2.05) is 12.3 Å². The molecule has 2 aromatic rings. The first-order valence-corrected chi connectivity index (χ1v) is 6.21. The van der Waals surface area contributed by atoms with Crippen molar-refractivity contribution in [3.8, 4) is 0 Å². The second-order valence-corrected chi connectivity index (χ2v) is 4.39. The van der Waals surface area contributed by atoms with Gasteiger partial charge >= 0.3 is 0 Å². The maximum absolute atomic E-state index is 13.4. The van der Waals surface area contributed by atoms with Gasteiger partial charge in [0.05, 0.1) is 0 Å². The molecule has 0 unspecified atom stereocenters. The minimum atomic E-state index is -0.231. The van der Waals surface area contributed by atoms with Crippen molar-refractivity contribution in [2.24, 2.45) is 5.73 Å². The van der Waals surface area contributed by atoms with Crippen molar-refractivity contribution >= 4 is 0 Å². The largest absolute Gasteiger partial charge is 0.331 e. The molecule has 96 valence electrons. The quantitative estimate of drug-likeness (QED) is 0.882. The summed E-state index contributed by atoms with van der Waals surface area (Å²) in [4.78, 5) is 4.31. The molecule has 0 radical (unpaired) electrons. The van der Waals surface area contributed by atoms with Gasteiger partial charge in [0.2, 0.25) is 0 Å². The van der Waals surface area contributed by atoms with E-state index in [1.165, 1.54) is 6.07 Å². The molecule has 2 N–H and O–H groups in total. The first-order chi connectivity index (χ1) is 8.72. The number of benzene rings is 1. The zero-order chi connectivity index (χ0) is 13.0. The fourth-order valence-corrected chi connectivity index (χ4v) is 2.06. The number of aromatic nitrogens is 2. The predicted octanol–water partition coefficient (Wildman–Crippen LogP) is 2.48. The minimum Gasteiger partial charge on any atom is -0.331 e. The summed E-state index contributed by atoms with van der Waals surface area (Å²) in [5.74, 6) is 0.807. The zero-order valence-electron chi connectivity index (χ0n) is 10.6. The number of hydrogen-bond donors (Lipinski definition) is 1. The summed E-state index contributed by atoms with van der Waals surface area (Å²) in [7, 11) is 0. The van der Waals surface area contributed by atoms with E-state index in [-0.39, 0.29) is 5.82 Å². The molecule has 0 amide bonds. The molecule has 4 heteroatoms. The Kier molecular flexibility index (Phi) is 4.10. The monoisotopic (exact) mass is 247 g/mol. The van der Waals surface area contributed by atoms with Crippen LogP contribution in [0, 0.1) is 5.82 Å². The number of imidazole rings is 1. The molecule has 0 atom stereocenters. The van der Waals surface area contributed by atoms with Crippen LogP contribution in [0.3, 0.4) is 0 Å². The molecule has 0 saturated heterocycles. The highest BCUT2D eigenvalue weighted by atomic mass is 19.1. The molecule has 18 heavy (non-hydrogen) atoms. The Balaban J connectivity index is 2.22. The van der Waals surface area contributed by atoms with Gasteiger partial charge in [-0.1, -0.05) is 13.0 Å². The molecule has 0 spiro atoms. The Morgan fingerprint density at radius 2 is 2.06 bits per heavy atom. The number of nitrogens with two attached hydrogens (primary N) is 1. The van der Waals surface area contributed by atoms with Gasteiger partial charge in [0.25, 0.3) is 0 Å². The van der Waals surface area contributed by atoms with Crippen molar-refractivity contribution in [2.45, 2.75) is 32.9 Å². The molecule has 1 aromatic carbocycles. The lowest BCUT2D eigenvalue weighted by Crippen LogP contribution is -2.06. The van der Waals surface area contributed by atoms with Crippen LogP contribution in [0.5, 0.6) is 0 Å². The smallest absolute Gasteiger partial charge is 0.123 e. The zero-order valence-corrected chi connectivity index (χ0v) is 10.6. The summed E-state index contributed by atoms with van der Waals surface area (Å²) in [5.41, 5.74) is 7.30. The Hall–Kier alpha value is -1.68. The van der Waals surface area contributed by atoms with Crippen LogP contribution in [0.25, 0.3) is 0 Å². The SMILES string of the molecule is CCCc1nccn1Cc1cc(F)cc(CN)c1. The summed E-state index contributed by atoms with van der Waals surface area (Å²) in [6.07, 6.45) is 5.70. The lowest BCUT2D eigenvalue weighted by atomic mass is 10.1. The average Bonchev–Trinajstić information content (AvgIpc) is 2.76. The Morgan fingerprint density at radius 1 is 1.28 bits per heavy atom. The Bertz CT molecular complexity index is 520. The van der Waals surface area contributed by atoms with Gasteiger partial charge in [0.1, 0.15) is 11.6 Å². The van der Waals surface area contributed by atoms with E-state index in [0.29, 0.717) is 13.1 Å². The molecule has 0 aliphatic carbocycles. The number of hydrogen-bond acceptors (Lipinski definition) is 2. The van der Waals surface area contributed by atoms with Crippen LogP contribution in [0.2, 0.25) is 0 Å². The van der Waals surface area contributed by atoms with E-state index in [1.54, 1.807) is 12.3 Å². The molecule has 0 aliphatic rings. The molecular weight excluding hydrogens is 229 g/mol. The van der Waals surface area contributed by atoms with Gasteiger partial charge in [0, 0.05) is 31.9 Å². The van der Waals surface area contributed by atoms with Gasteiger partial charge in [-0.25, -0.2) is 9.37 Å². The van der Waals surface area contributed by atoms with E-state index >= 15 is 0 Å². The molecule has 2 rings (SSSR count). The molecule has 0 saturated carbocycles. The van der Waals surface area contributed by atoms with E-state index in [9.17, 15) is 4.39 Å². The van der Waals surface area contributed by atoms with Gasteiger partial charge in [-0.05, 0) is 29.7 Å². The third kappa shape index (κ3) is 2.96. The summed E-state index contributed by atoms with van der Waals surface area (Å²) < 4.78 is 15.5. The first-order valence-electron chi connectivity index (χ1n) is 6.21. The van der Waals surface area contributed by atoms with E-state index < -0.39 is 0 Å². The molecule has 0 aliphatic heterocycles. The fraction of sp³-hybridized carbons (Fsp3) is 0.357. The molecule has 0 fully saturated rings. The third-order valence-electron chi connectivity index (χ3n) is 2.88. The van der Waals surface area contributed by atoms with Gasteiger partial charge in [-0.2, -0.15) is 0 Å². The molecule has 1 heterocycles. The second-order valence-electron chi connectivity index (χ2n) is 4.39. The van der Waals surface area contributed by atoms with Crippen molar-refractivity contribution < 1.29 is 4.39 Å². The van der Waals surface area contributed by atoms with Crippen LogP contribution in [-0.2, 0) is 19.5 Å². The first kappa shape index (κ1) is 12.8. The second kappa shape index (κ2) is 5.78. The highest BCUT2D eigenvalue weighted by molar-refractivity contribution is 5.25. The highest BCUT2D eigenvalue weighted by Gasteiger charge is 2.05. The normalized spacial score (nSPS) is 10.8. The van der Waals surface area contributed by atoms with Crippen molar-refractivity contribution in [1.82, 2.24) is 9.55 Å². The van der Waals surface area contributed by atoms with Gasteiger partial charge in [-0.15, -0.1) is 0 Å². The topological polar surface area (TPSA) is 43.8 Å². The van der Waals surface area contributed by atoms with Gasteiger partial charge in [-0.3, -0.25) is 0 Å². The number of rotatable bonds is 5. The van der Waals surface area contributed by atoms with Crippen molar-refractivity contribution in [3.63, 3.8) is 0 Å². The highest BCUT2D eigenvalue weighted by Crippen LogP contribution is 2.12. The average molecular weight is 247 g/mol. The van der Waals surface area contributed by atoms with Crippen molar-refractivity contribution in [1.29, 1.82) is 0 Å². The standard InChI is InChI=1S/C14H18FN3/c1-2-3-14-17-4-5-18(14)10-12-6-11(9-16)7-13(15)8-12/h4-8H,2-3,9-10,16H2,1H3. The van der Waals surface area contributed by atoms with Crippen LogP contribution < -0.4 is 5.73 Å². The lowest BCUT2D eigenvalue weighted by Gasteiger charge is -2.09. The van der Waals surface area contributed by atoms with E-state index in [0.717, 1.165) is 29.8 Å². The fourth-order valence-electron chi connectivity index (χ4n) is 2.06. The summed E-state index contributed by atoms with van der Waals surface area (Å²) in [6, 6.07) is 4.97. The maximum Gasteiger partial charge on any atom is 0.123 e. The van der Waals surface area contributed by atoms with Crippen molar-refractivity contribution in [3.05, 3.63) is 53.4 Å². The van der Waals surface area contributed by atoms with Crippen LogP contribution in [0.4, 0.5) is 4.39 Å². The summed E-state index contributed by atoms with van der Waals surface area (Å²) in [6.45, 7) is 3.12. The molecule has 0 bridgehead atoms. The van der Waals surface area contributed by atoms with Gasteiger partial charge in [0.15, 0.2) is 0 Å². The Labute approximate surface area is 106 Å². The number of halogens is 1. The van der Waals surface area contributed by atoms with Crippen LogP contribution in [0.15, 0.2) is 30.6 Å². The lowest BCUT2D eigenvalue weighted by molar-refractivity contribution is 0.619. The van der Waals surface area contributed by atoms with Crippen molar-refractivity contribution in [2.75, 3.05) is 0 Å².